The molecule has 0 aliphatic rings. The summed E-state index contributed by atoms with van der Waals surface area (Å²) in [5.41, 5.74) is 1.88. The number of nitrogens with zero attached hydrogens (tertiary/aromatic N) is 1. The first kappa shape index (κ1) is 13.7. The Hall–Kier alpha value is -2.26. The molecule has 0 radical (unpaired) electrons. The molecule has 0 aliphatic carbocycles. The third-order valence-electron chi connectivity index (χ3n) is 3.20. The Bertz CT molecular complexity index is 756. The number of hydrogen-bond donors (Lipinski definition) is 0. The molecule has 3 rings (SSSR count). The number of alkyl halides is 1. The van der Waals surface area contributed by atoms with E-state index < -0.39 is 0 Å². The number of hydrogen-bond acceptors (Lipinski definition) is 3. The summed E-state index contributed by atoms with van der Waals surface area (Å²) in [4.78, 5) is 4.51. The molecule has 0 amide bonds. The maximum atomic E-state index is 6.02. The predicted molar refractivity (Wildman–Crippen MR) is 84.4 cm³/mol. The molecule has 4 heteroatoms. The molecule has 0 atom stereocenters. The van der Waals surface area contributed by atoms with Crippen LogP contribution in [-0.4, -0.2) is 12.1 Å². The van der Waals surface area contributed by atoms with Gasteiger partial charge in [-0.2, -0.15) is 0 Å². The monoisotopic (exact) mass is 299 g/mol. The van der Waals surface area contributed by atoms with Crippen molar-refractivity contribution in [2.45, 2.75) is 5.88 Å². The average Bonchev–Trinajstić information content (AvgIpc) is 2.55. The van der Waals surface area contributed by atoms with Gasteiger partial charge in [-0.25, -0.2) is 4.98 Å². The zero-order valence-corrected chi connectivity index (χ0v) is 12.3. The van der Waals surface area contributed by atoms with Gasteiger partial charge in [0.2, 0.25) is 5.88 Å². The van der Waals surface area contributed by atoms with Gasteiger partial charge in [0.15, 0.2) is 0 Å². The fourth-order valence-electron chi connectivity index (χ4n) is 2.15. The lowest BCUT2D eigenvalue weighted by Crippen LogP contribution is -1.92. The SMILES string of the molecule is COc1ccc(Oc2cc(CCl)c3ccccc3n2)cc1. The van der Waals surface area contributed by atoms with E-state index in [1.165, 1.54) is 0 Å². The quantitative estimate of drug-likeness (QED) is 0.650. The molecule has 0 fully saturated rings. The summed E-state index contributed by atoms with van der Waals surface area (Å²) in [6.07, 6.45) is 0. The molecule has 0 saturated carbocycles. The van der Waals surface area contributed by atoms with Crippen molar-refractivity contribution in [1.29, 1.82) is 0 Å². The lowest BCUT2D eigenvalue weighted by Gasteiger charge is -2.09. The van der Waals surface area contributed by atoms with E-state index in [4.69, 9.17) is 21.1 Å². The Kier molecular flexibility index (Phi) is 3.93. The molecule has 21 heavy (non-hydrogen) atoms. The number of rotatable bonds is 4. The number of methoxy groups -OCH3 is 1. The van der Waals surface area contributed by atoms with Crippen LogP contribution in [-0.2, 0) is 5.88 Å². The summed E-state index contributed by atoms with van der Waals surface area (Å²) >= 11 is 6.02. The van der Waals surface area contributed by atoms with Crippen LogP contribution in [0.3, 0.4) is 0 Å². The van der Waals surface area contributed by atoms with Gasteiger partial charge in [0.25, 0.3) is 0 Å². The molecule has 3 aromatic rings. The predicted octanol–water partition coefficient (Wildman–Crippen LogP) is 4.77. The number of fused-ring (bicyclic) bond motifs is 1. The summed E-state index contributed by atoms with van der Waals surface area (Å²) < 4.78 is 10.9. The third kappa shape index (κ3) is 2.93. The highest BCUT2D eigenvalue weighted by Crippen LogP contribution is 2.27. The molecular formula is C17H14ClNO2. The first-order valence-corrected chi connectivity index (χ1v) is 7.10. The van der Waals surface area contributed by atoms with Crippen LogP contribution in [0, 0.1) is 0 Å². The first-order chi connectivity index (χ1) is 10.3. The van der Waals surface area contributed by atoms with Crippen LogP contribution in [0.2, 0.25) is 0 Å². The van der Waals surface area contributed by atoms with E-state index in [0.29, 0.717) is 17.5 Å². The van der Waals surface area contributed by atoms with Crippen molar-refractivity contribution in [3.63, 3.8) is 0 Å². The highest BCUT2D eigenvalue weighted by molar-refractivity contribution is 6.18. The van der Waals surface area contributed by atoms with Crippen LogP contribution < -0.4 is 9.47 Å². The molecule has 3 nitrogen and oxygen atoms in total. The lowest BCUT2D eigenvalue weighted by molar-refractivity contribution is 0.412. The zero-order valence-electron chi connectivity index (χ0n) is 11.5. The summed E-state index contributed by atoms with van der Waals surface area (Å²) in [6.45, 7) is 0. The van der Waals surface area contributed by atoms with Crippen LogP contribution in [0.5, 0.6) is 17.4 Å². The second kappa shape index (κ2) is 6.02. The highest BCUT2D eigenvalue weighted by Gasteiger charge is 2.06. The van der Waals surface area contributed by atoms with Crippen LogP contribution in [0.4, 0.5) is 0 Å². The average molecular weight is 300 g/mol. The molecule has 106 valence electrons. The Morgan fingerprint density at radius 2 is 1.71 bits per heavy atom. The van der Waals surface area contributed by atoms with Crippen molar-refractivity contribution in [3.05, 3.63) is 60.2 Å². The van der Waals surface area contributed by atoms with Gasteiger partial charge in [-0.15, -0.1) is 11.6 Å². The smallest absolute Gasteiger partial charge is 0.220 e. The summed E-state index contributed by atoms with van der Waals surface area (Å²) in [5.74, 6) is 2.45. The lowest BCUT2D eigenvalue weighted by atomic mass is 10.1. The van der Waals surface area contributed by atoms with E-state index in [-0.39, 0.29) is 0 Å². The van der Waals surface area contributed by atoms with Crippen molar-refractivity contribution in [2.24, 2.45) is 0 Å². The van der Waals surface area contributed by atoms with E-state index in [1.807, 2.05) is 54.6 Å². The molecule has 2 aromatic carbocycles. The van der Waals surface area contributed by atoms with E-state index >= 15 is 0 Å². The third-order valence-corrected chi connectivity index (χ3v) is 3.49. The van der Waals surface area contributed by atoms with E-state index in [9.17, 15) is 0 Å². The highest BCUT2D eigenvalue weighted by atomic mass is 35.5. The maximum Gasteiger partial charge on any atom is 0.220 e. The van der Waals surface area contributed by atoms with Gasteiger partial charge in [-0.3, -0.25) is 0 Å². The van der Waals surface area contributed by atoms with Gasteiger partial charge in [0.05, 0.1) is 12.6 Å². The van der Waals surface area contributed by atoms with Crippen molar-refractivity contribution in [1.82, 2.24) is 4.98 Å². The van der Waals surface area contributed by atoms with Crippen LogP contribution in [0.15, 0.2) is 54.6 Å². The van der Waals surface area contributed by atoms with Crippen molar-refractivity contribution >= 4 is 22.5 Å². The number of halogens is 1. The van der Waals surface area contributed by atoms with Crippen molar-refractivity contribution in [2.75, 3.05) is 7.11 Å². The largest absolute Gasteiger partial charge is 0.497 e. The number of benzene rings is 2. The molecular weight excluding hydrogens is 286 g/mol. The van der Waals surface area contributed by atoms with Crippen LogP contribution >= 0.6 is 11.6 Å². The summed E-state index contributed by atoms with van der Waals surface area (Å²) in [7, 11) is 1.63. The zero-order chi connectivity index (χ0) is 14.7. The minimum Gasteiger partial charge on any atom is -0.497 e. The summed E-state index contributed by atoms with van der Waals surface area (Å²) in [6, 6.07) is 17.1. The van der Waals surface area contributed by atoms with Crippen LogP contribution in [0.1, 0.15) is 5.56 Å². The molecule has 1 heterocycles. The fraction of sp³-hybridized carbons (Fsp3) is 0.118. The number of aromatic nitrogens is 1. The van der Waals surface area contributed by atoms with Gasteiger partial charge >= 0.3 is 0 Å². The normalized spacial score (nSPS) is 10.6. The molecule has 0 saturated heterocycles. The Morgan fingerprint density at radius 3 is 2.43 bits per heavy atom. The van der Waals surface area contributed by atoms with E-state index in [0.717, 1.165) is 22.2 Å². The summed E-state index contributed by atoms with van der Waals surface area (Å²) in [5, 5.41) is 1.05. The van der Waals surface area contributed by atoms with Crippen molar-refractivity contribution < 1.29 is 9.47 Å². The van der Waals surface area contributed by atoms with Gasteiger partial charge in [-0.05, 0) is 35.9 Å². The van der Waals surface area contributed by atoms with Gasteiger partial charge in [-0.1, -0.05) is 18.2 Å². The molecule has 1 aromatic heterocycles. The molecule has 0 aliphatic heterocycles. The first-order valence-electron chi connectivity index (χ1n) is 6.56. The Morgan fingerprint density at radius 1 is 1.00 bits per heavy atom. The number of para-hydroxylation sites is 1. The number of ether oxygens (including phenoxy) is 2. The van der Waals surface area contributed by atoms with Gasteiger partial charge < -0.3 is 9.47 Å². The second-order valence-electron chi connectivity index (χ2n) is 4.55. The van der Waals surface area contributed by atoms with Crippen LogP contribution in [0.25, 0.3) is 10.9 Å². The topological polar surface area (TPSA) is 31.4 Å². The van der Waals surface area contributed by atoms with E-state index in [1.54, 1.807) is 7.11 Å². The second-order valence-corrected chi connectivity index (χ2v) is 4.82. The maximum absolute atomic E-state index is 6.02. The van der Waals surface area contributed by atoms with Crippen molar-refractivity contribution in [3.8, 4) is 17.4 Å². The molecule has 0 spiro atoms. The number of pyridine rings is 1. The van der Waals surface area contributed by atoms with E-state index in [2.05, 4.69) is 4.98 Å². The standard InChI is InChI=1S/C17H14ClNO2/c1-20-13-6-8-14(9-7-13)21-17-10-12(11-18)15-4-2-3-5-16(15)19-17/h2-10H,11H2,1H3. The van der Waals surface area contributed by atoms with Gasteiger partial charge in [0.1, 0.15) is 11.5 Å². The molecule has 0 N–H and O–H groups in total. The minimum atomic E-state index is 0.419. The molecule has 0 unspecified atom stereocenters. The Labute approximate surface area is 128 Å². The minimum absolute atomic E-state index is 0.419. The fourth-order valence-corrected chi connectivity index (χ4v) is 2.37. The Balaban J connectivity index is 1.96. The molecule has 0 bridgehead atoms. The van der Waals surface area contributed by atoms with Gasteiger partial charge in [0, 0.05) is 17.3 Å².